The van der Waals surface area contributed by atoms with Gasteiger partial charge in [0.2, 0.25) is 0 Å². The number of aromatic nitrogens is 2. The third-order valence-electron chi connectivity index (χ3n) is 11.2. The highest BCUT2D eigenvalue weighted by molar-refractivity contribution is 7.19. The first kappa shape index (κ1) is 32.2. The minimum atomic E-state index is -3.09. The van der Waals surface area contributed by atoms with E-state index in [1.54, 1.807) is 0 Å². The molecule has 0 atom stereocenters. The second-order valence-electron chi connectivity index (χ2n) is 13.9. The molecule has 0 aliphatic rings. The van der Waals surface area contributed by atoms with E-state index in [-0.39, 0.29) is 0 Å². The maximum atomic E-state index is 10.3. The second kappa shape index (κ2) is 12.9. The summed E-state index contributed by atoms with van der Waals surface area (Å²) in [6, 6.07) is 73.5. The molecular weight excluding hydrogens is 685 g/mol. The van der Waals surface area contributed by atoms with Gasteiger partial charge in [0.15, 0.2) is 8.07 Å². The molecule has 10 rings (SSSR count). The molecule has 0 aliphatic heterocycles. The van der Waals surface area contributed by atoms with Crippen LogP contribution in [-0.2, 0) is 0 Å². The van der Waals surface area contributed by atoms with Crippen LogP contribution in [0.15, 0.2) is 194 Å². The van der Waals surface area contributed by atoms with Crippen molar-refractivity contribution in [1.29, 1.82) is 10.5 Å². The van der Waals surface area contributed by atoms with Crippen LogP contribution >= 0.6 is 0 Å². The van der Waals surface area contributed by atoms with E-state index in [1.807, 2.05) is 12.1 Å². The zero-order valence-corrected chi connectivity index (χ0v) is 30.8. The van der Waals surface area contributed by atoms with Crippen molar-refractivity contribution >= 4 is 72.4 Å². The van der Waals surface area contributed by atoms with Crippen LogP contribution in [0.5, 0.6) is 0 Å². The summed E-state index contributed by atoms with van der Waals surface area (Å²) in [4.78, 5) is 0. The van der Waals surface area contributed by atoms with Crippen molar-refractivity contribution < 1.29 is 0 Å². The summed E-state index contributed by atoms with van der Waals surface area (Å²) in [5.41, 5.74) is 7.57. The fourth-order valence-corrected chi connectivity index (χ4v) is 13.5. The van der Waals surface area contributed by atoms with Crippen molar-refractivity contribution in [2.75, 3.05) is 0 Å². The number of hydrogen-bond acceptors (Lipinski definition) is 2. The Kier molecular flexibility index (Phi) is 7.56. The van der Waals surface area contributed by atoms with Crippen LogP contribution in [0.1, 0.15) is 11.1 Å². The van der Waals surface area contributed by atoms with Crippen molar-refractivity contribution in [2.24, 2.45) is 0 Å². The zero-order valence-electron chi connectivity index (χ0n) is 29.8. The Balaban J connectivity index is 1.22. The fraction of sp³-hybridized carbons (Fsp3) is 0. The molecule has 10 aromatic rings. The highest BCUT2D eigenvalue weighted by Gasteiger charge is 2.42. The molecule has 0 radical (unpaired) electrons. The van der Waals surface area contributed by atoms with Gasteiger partial charge in [-0.1, -0.05) is 133 Å². The predicted molar refractivity (Wildman–Crippen MR) is 228 cm³/mol. The monoisotopic (exact) mass is 716 g/mol. The quantitative estimate of drug-likeness (QED) is 0.127. The molecule has 5 heteroatoms. The third kappa shape index (κ3) is 4.88. The van der Waals surface area contributed by atoms with Gasteiger partial charge in [-0.2, -0.15) is 10.5 Å². The van der Waals surface area contributed by atoms with E-state index >= 15 is 0 Å². The standard InChI is InChI=1S/C50H32N4Si/c51-33-35-22-27-42(32-36(35)34-52)55(39-12-2-1-3-13-39,40-28-23-37(24-29-40)53-47-18-8-4-14-43(47)44-15-5-9-19-48(44)53)41-30-25-38(26-31-41)54-49-20-10-6-16-45(49)46-17-7-11-21-50(46)54/h1-32H. The van der Waals surface area contributed by atoms with Crippen LogP contribution in [0, 0.1) is 22.7 Å². The van der Waals surface area contributed by atoms with E-state index in [1.165, 1.54) is 37.1 Å². The van der Waals surface area contributed by atoms with Crippen molar-refractivity contribution in [1.82, 2.24) is 9.13 Å². The SMILES string of the molecule is N#Cc1ccc([Si](c2ccccc2)(c2ccc(-n3c4ccccc4c4ccccc43)cc2)c2ccc(-n3c4ccccc4c4ccccc43)cc2)cc1C#N. The molecule has 2 heterocycles. The summed E-state index contributed by atoms with van der Waals surface area (Å²) in [6.07, 6.45) is 0. The lowest BCUT2D eigenvalue weighted by atomic mass is 10.1. The Morgan fingerprint density at radius 1 is 0.327 bits per heavy atom. The highest BCUT2D eigenvalue weighted by Crippen LogP contribution is 2.33. The molecular formula is C50H32N4Si. The molecule has 0 saturated heterocycles. The van der Waals surface area contributed by atoms with Crippen LogP contribution in [-0.4, -0.2) is 17.2 Å². The molecule has 0 N–H and O–H groups in total. The molecule has 0 bridgehead atoms. The number of benzene rings is 8. The first-order valence-electron chi connectivity index (χ1n) is 18.4. The van der Waals surface area contributed by atoms with Gasteiger partial charge in [0.1, 0.15) is 12.1 Å². The largest absolute Gasteiger partial charge is 0.309 e. The average molecular weight is 717 g/mol. The van der Waals surface area contributed by atoms with Gasteiger partial charge in [-0.3, -0.25) is 0 Å². The lowest BCUT2D eigenvalue weighted by Crippen LogP contribution is -2.74. The van der Waals surface area contributed by atoms with E-state index in [0.29, 0.717) is 11.1 Å². The number of rotatable bonds is 6. The van der Waals surface area contributed by atoms with Gasteiger partial charge < -0.3 is 9.13 Å². The maximum Gasteiger partial charge on any atom is 0.179 e. The first-order chi connectivity index (χ1) is 27.2. The maximum absolute atomic E-state index is 10.3. The third-order valence-corrected chi connectivity index (χ3v) is 16.0. The summed E-state index contributed by atoms with van der Waals surface area (Å²) in [6.45, 7) is 0. The van der Waals surface area contributed by atoms with Crippen LogP contribution in [0.25, 0.3) is 55.0 Å². The van der Waals surface area contributed by atoms with Gasteiger partial charge in [-0.25, -0.2) is 0 Å². The lowest BCUT2D eigenvalue weighted by Gasteiger charge is -2.35. The molecule has 0 aliphatic carbocycles. The summed E-state index contributed by atoms with van der Waals surface area (Å²) in [5, 5.41) is 29.7. The lowest BCUT2D eigenvalue weighted by molar-refractivity contribution is 1.18. The average Bonchev–Trinajstić information content (AvgIpc) is 3.78. The van der Waals surface area contributed by atoms with E-state index < -0.39 is 8.07 Å². The Labute approximate surface area is 319 Å². The van der Waals surface area contributed by atoms with Gasteiger partial charge >= 0.3 is 0 Å². The number of nitrogens with zero attached hydrogens (tertiary/aromatic N) is 4. The van der Waals surface area contributed by atoms with E-state index in [0.717, 1.165) is 38.6 Å². The van der Waals surface area contributed by atoms with Crippen LogP contribution in [0.3, 0.4) is 0 Å². The molecule has 0 saturated carbocycles. The van der Waals surface area contributed by atoms with Crippen molar-refractivity contribution in [2.45, 2.75) is 0 Å². The first-order valence-corrected chi connectivity index (χ1v) is 20.4. The van der Waals surface area contributed by atoms with Gasteiger partial charge in [0.25, 0.3) is 0 Å². The topological polar surface area (TPSA) is 57.4 Å². The summed E-state index contributed by atoms with van der Waals surface area (Å²) >= 11 is 0. The Morgan fingerprint density at radius 2 is 0.673 bits per heavy atom. The summed E-state index contributed by atoms with van der Waals surface area (Å²) in [7, 11) is -3.09. The normalized spacial score (nSPS) is 11.6. The van der Waals surface area contributed by atoms with Crippen LogP contribution in [0.2, 0.25) is 0 Å². The molecule has 0 amide bonds. The zero-order chi connectivity index (χ0) is 36.9. The summed E-state index contributed by atoms with van der Waals surface area (Å²) < 4.78 is 4.69. The minimum Gasteiger partial charge on any atom is -0.309 e. The van der Waals surface area contributed by atoms with Gasteiger partial charge in [-0.05, 0) is 81.4 Å². The van der Waals surface area contributed by atoms with Gasteiger partial charge in [-0.15, -0.1) is 0 Å². The fourth-order valence-electron chi connectivity index (χ4n) is 8.78. The van der Waals surface area contributed by atoms with Crippen LogP contribution in [0.4, 0.5) is 0 Å². The Hall–Kier alpha value is -7.44. The molecule has 8 aromatic carbocycles. The van der Waals surface area contributed by atoms with Gasteiger partial charge in [0, 0.05) is 32.9 Å². The molecule has 0 spiro atoms. The molecule has 4 nitrogen and oxygen atoms in total. The number of fused-ring (bicyclic) bond motifs is 6. The van der Waals surface area contributed by atoms with Crippen molar-refractivity contribution in [3.05, 3.63) is 205 Å². The molecule has 256 valence electrons. The number of hydrogen-bond donors (Lipinski definition) is 0. The van der Waals surface area contributed by atoms with E-state index in [2.05, 4.69) is 203 Å². The number of nitriles is 2. The summed E-state index contributed by atoms with van der Waals surface area (Å²) in [5.74, 6) is 0. The number of para-hydroxylation sites is 4. The second-order valence-corrected chi connectivity index (χ2v) is 17.7. The minimum absolute atomic E-state index is 0.380. The molecule has 0 fully saturated rings. The van der Waals surface area contributed by atoms with Crippen molar-refractivity contribution in [3.63, 3.8) is 0 Å². The van der Waals surface area contributed by atoms with E-state index in [9.17, 15) is 10.5 Å². The molecule has 2 aromatic heterocycles. The van der Waals surface area contributed by atoms with Crippen molar-refractivity contribution in [3.8, 4) is 23.5 Å². The molecule has 0 unspecified atom stereocenters. The van der Waals surface area contributed by atoms with E-state index in [4.69, 9.17) is 0 Å². The predicted octanol–water partition coefficient (Wildman–Crippen LogP) is 9.00. The molecule has 55 heavy (non-hydrogen) atoms. The van der Waals surface area contributed by atoms with Gasteiger partial charge in [0.05, 0.1) is 33.2 Å². The Morgan fingerprint density at radius 3 is 1.07 bits per heavy atom. The van der Waals surface area contributed by atoms with Crippen LogP contribution < -0.4 is 20.7 Å². The smallest absolute Gasteiger partial charge is 0.179 e. The Bertz CT molecular complexity index is 2900. The highest BCUT2D eigenvalue weighted by atomic mass is 28.3.